The highest BCUT2D eigenvalue weighted by Crippen LogP contribution is 2.31. The predicted molar refractivity (Wildman–Crippen MR) is 84.4 cm³/mol. The van der Waals surface area contributed by atoms with Crippen LogP contribution < -0.4 is 0 Å². The van der Waals surface area contributed by atoms with Gasteiger partial charge in [-0.25, -0.2) is 0 Å². The molecule has 2 aliphatic rings. The van der Waals surface area contributed by atoms with E-state index in [1.807, 2.05) is 12.2 Å². The third kappa shape index (κ3) is 4.04. The highest BCUT2D eigenvalue weighted by Gasteiger charge is 2.38. The first kappa shape index (κ1) is 16.0. The van der Waals surface area contributed by atoms with Crippen LogP contribution in [0.2, 0.25) is 19.1 Å². The van der Waals surface area contributed by atoms with Crippen molar-refractivity contribution in [3.05, 3.63) is 25.3 Å². The molecule has 0 N–H and O–H groups in total. The number of hydrogen-bond donors (Lipinski definition) is 0. The number of rotatable bonds is 5. The van der Waals surface area contributed by atoms with Crippen molar-refractivity contribution in [1.29, 1.82) is 0 Å². The van der Waals surface area contributed by atoms with E-state index in [4.69, 9.17) is 13.9 Å². The lowest BCUT2D eigenvalue weighted by Crippen LogP contribution is -2.41. The molecule has 0 radical (unpaired) electrons. The van der Waals surface area contributed by atoms with Crippen LogP contribution in [0, 0.1) is 0 Å². The third-order valence-corrected chi connectivity index (χ3v) is 6.36. The molecule has 0 amide bonds. The zero-order valence-corrected chi connectivity index (χ0v) is 13.8. The highest BCUT2D eigenvalue weighted by molar-refractivity contribution is 6.71. The molecule has 114 valence electrons. The smallest absolute Gasteiger partial charge is 0.191 e. The Morgan fingerprint density at radius 1 is 1.20 bits per heavy atom. The van der Waals surface area contributed by atoms with Crippen molar-refractivity contribution < 1.29 is 13.9 Å². The molecule has 2 aliphatic heterocycles. The molecule has 2 fully saturated rings. The van der Waals surface area contributed by atoms with E-state index in [0.29, 0.717) is 0 Å². The van der Waals surface area contributed by atoms with Crippen molar-refractivity contribution in [2.24, 2.45) is 0 Å². The summed E-state index contributed by atoms with van der Waals surface area (Å²) in [5.74, 6) is 0. The molecule has 20 heavy (non-hydrogen) atoms. The van der Waals surface area contributed by atoms with E-state index in [1.54, 1.807) is 0 Å². The van der Waals surface area contributed by atoms with Gasteiger partial charge in [0.2, 0.25) is 0 Å². The molecule has 3 nitrogen and oxygen atoms in total. The quantitative estimate of drug-likeness (QED) is 0.572. The average molecular weight is 296 g/mol. The molecule has 2 saturated heterocycles. The van der Waals surface area contributed by atoms with Crippen LogP contribution in [0.3, 0.4) is 0 Å². The van der Waals surface area contributed by atoms with E-state index in [2.05, 4.69) is 26.3 Å². The number of allylic oxidation sites excluding steroid dienone is 1. The second-order valence-corrected chi connectivity index (χ2v) is 10.6. The van der Waals surface area contributed by atoms with Gasteiger partial charge in [-0.3, -0.25) is 0 Å². The lowest BCUT2D eigenvalue weighted by Gasteiger charge is -2.33. The maximum absolute atomic E-state index is 6.42. The van der Waals surface area contributed by atoms with Gasteiger partial charge in [-0.05, 0) is 44.8 Å². The van der Waals surface area contributed by atoms with Crippen LogP contribution in [-0.4, -0.2) is 39.3 Å². The fraction of sp³-hybridized carbons (Fsp3) is 0.750. The summed E-state index contributed by atoms with van der Waals surface area (Å²) in [5, 5.41) is 0. The molecule has 0 saturated carbocycles. The zero-order chi connectivity index (χ0) is 14.6. The van der Waals surface area contributed by atoms with E-state index in [-0.39, 0.29) is 24.4 Å². The van der Waals surface area contributed by atoms with Crippen molar-refractivity contribution in [1.82, 2.24) is 0 Å². The van der Waals surface area contributed by atoms with Crippen LogP contribution in [-0.2, 0) is 13.9 Å². The van der Waals surface area contributed by atoms with Gasteiger partial charge in [-0.15, -0.1) is 13.2 Å². The summed E-state index contributed by atoms with van der Waals surface area (Å²) in [6.45, 7) is 13.1. The second kappa shape index (κ2) is 7.03. The van der Waals surface area contributed by atoms with Crippen LogP contribution in [0.5, 0.6) is 0 Å². The first-order valence-electron chi connectivity index (χ1n) is 7.74. The Bertz CT molecular complexity index is 343. The molecule has 0 unspecified atom stereocenters. The Labute approximate surface area is 124 Å². The van der Waals surface area contributed by atoms with Crippen LogP contribution in [0.15, 0.2) is 25.3 Å². The zero-order valence-electron chi connectivity index (χ0n) is 12.8. The normalized spacial score (nSPS) is 34.9. The average Bonchev–Trinajstić information content (AvgIpc) is 2.58. The monoisotopic (exact) mass is 296 g/mol. The molecule has 0 aromatic carbocycles. The summed E-state index contributed by atoms with van der Waals surface area (Å²) in [6.07, 6.45) is 8.63. The number of ether oxygens (including phenoxy) is 2. The number of hydrogen-bond acceptors (Lipinski definition) is 3. The molecule has 0 aliphatic carbocycles. The molecule has 0 aromatic heterocycles. The molecule has 4 heteroatoms. The summed E-state index contributed by atoms with van der Waals surface area (Å²) in [6, 6.07) is 0.969. The first-order valence-corrected chi connectivity index (χ1v) is 10.9. The summed E-state index contributed by atoms with van der Waals surface area (Å²) in [4.78, 5) is 0. The van der Waals surface area contributed by atoms with E-state index < -0.39 is 8.32 Å². The van der Waals surface area contributed by atoms with E-state index in [9.17, 15) is 0 Å². The molecule has 0 bridgehead atoms. The molecule has 2 rings (SSSR count). The molecule has 0 spiro atoms. The second-order valence-electron chi connectivity index (χ2n) is 6.41. The van der Waals surface area contributed by atoms with Gasteiger partial charge in [-0.2, -0.15) is 0 Å². The Hall–Kier alpha value is -0.423. The van der Waals surface area contributed by atoms with Crippen LogP contribution in [0.1, 0.15) is 25.7 Å². The van der Waals surface area contributed by atoms with Crippen molar-refractivity contribution in [3.63, 3.8) is 0 Å². The third-order valence-electron chi connectivity index (χ3n) is 4.15. The fourth-order valence-electron chi connectivity index (χ4n) is 3.16. The molecule has 4 atom stereocenters. The van der Waals surface area contributed by atoms with Gasteiger partial charge in [0.1, 0.15) is 6.10 Å². The van der Waals surface area contributed by atoms with Crippen LogP contribution in [0.4, 0.5) is 0 Å². The molecular weight excluding hydrogens is 268 g/mol. The van der Waals surface area contributed by atoms with Crippen LogP contribution >= 0.6 is 0 Å². The van der Waals surface area contributed by atoms with Gasteiger partial charge in [0, 0.05) is 6.61 Å². The Kier molecular flexibility index (Phi) is 5.61. The first-order chi connectivity index (χ1) is 9.55. The van der Waals surface area contributed by atoms with Crippen molar-refractivity contribution in [3.8, 4) is 0 Å². The highest BCUT2D eigenvalue weighted by atomic mass is 28.4. The minimum Gasteiger partial charge on any atom is -0.411 e. The topological polar surface area (TPSA) is 27.7 Å². The predicted octanol–water partition coefficient (Wildman–Crippen LogP) is 3.68. The largest absolute Gasteiger partial charge is 0.411 e. The Balaban J connectivity index is 2.04. The summed E-state index contributed by atoms with van der Waals surface area (Å²) < 4.78 is 18.5. The van der Waals surface area contributed by atoms with Crippen molar-refractivity contribution >= 4 is 8.32 Å². The Morgan fingerprint density at radius 3 is 2.70 bits per heavy atom. The maximum Gasteiger partial charge on any atom is 0.191 e. The van der Waals surface area contributed by atoms with Gasteiger partial charge in [-0.1, -0.05) is 12.2 Å². The Morgan fingerprint density at radius 2 is 2.00 bits per heavy atom. The molecular formula is C16H28O3Si. The van der Waals surface area contributed by atoms with Gasteiger partial charge in [0.15, 0.2) is 8.32 Å². The van der Waals surface area contributed by atoms with Gasteiger partial charge in [0.05, 0.1) is 18.3 Å². The van der Waals surface area contributed by atoms with Crippen molar-refractivity contribution in [2.45, 2.75) is 69.2 Å². The molecule has 0 aromatic rings. The minimum absolute atomic E-state index is 0.0108. The van der Waals surface area contributed by atoms with E-state index in [1.165, 1.54) is 0 Å². The lowest BCUT2D eigenvalue weighted by molar-refractivity contribution is -0.119. The van der Waals surface area contributed by atoms with Crippen molar-refractivity contribution in [2.75, 3.05) is 6.61 Å². The minimum atomic E-state index is -1.71. The van der Waals surface area contributed by atoms with Gasteiger partial charge < -0.3 is 13.9 Å². The van der Waals surface area contributed by atoms with Gasteiger partial charge in [0.25, 0.3) is 0 Å². The maximum atomic E-state index is 6.42. The summed E-state index contributed by atoms with van der Waals surface area (Å²) in [7, 11) is -1.71. The fourth-order valence-corrected chi connectivity index (χ4v) is 5.02. The summed E-state index contributed by atoms with van der Waals surface area (Å²) in [5.41, 5.74) is 0. The SMILES string of the molecule is C=CC[Si](C)(C)O[C@H]1CC[C@H]2OCCC[C@@H]2O[C@@H]1C=C. The standard InChI is InChI=1S/C16H28O3Si/c1-5-12-20(3,4)19-16-10-9-14-15(8-7-11-17-14)18-13(16)6-2/h5-6,13-16H,1-2,7-12H2,3-4H3/t13-,14-,15+,16+/m1/s1. The van der Waals surface area contributed by atoms with E-state index >= 15 is 0 Å². The summed E-state index contributed by atoms with van der Waals surface area (Å²) >= 11 is 0. The van der Waals surface area contributed by atoms with Gasteiger partial charge >= 0.3 is 0 Å². The van der Waals surface area contributed by atoms with E-state index in [0.717, 1.165) is 38.3 Å². The van der Waals surface area contributed by atoms with Crippen LogP contribution in [0.25, 0.3) is 0 Å². The number of fused-ring (bicyclic) bond motifs is 1. The molecule has 2 heterocycles. The lowest BCUT2D eigenvalue weighted by atomic mass is 10.0.